The van der Waals surface area contributed by atoms with Crippen molar-refractivity contribution < 1.29 is 0 Å². The van der Waals surface area contributed by atoms with Crippen LogP contribution in [0.5, 0.6) is 0 Å². The summed E-state index contributed by atoms with van der Waals surface area (Å²) >= 11 is 0. The van der Waals surface area contributed by atoms with Crippen LogP contribution in [0.25, 0.3) is 0 Å². The Balaban J connectivity index is -0.0000000933. The summed E-state index contributed by atoms with van der Waals surface area (Å²) < 4.78 is 0. The normalized spacial score (nSPS) is 5.82. The highest BCUT2D eigenvalue weighted by Crippen LogP contribution is 1.63. The van der Waals surface area contributed by atoms with E-state index in [0.717, 1.165) is 6.54 Å². The van der Waals surface area contributed by atoms with E-state index in [1.165, 1.54) is 12.0 Å². The van der Waals surface area contributed by atoms with E-state index in [1.807, 2.05) is 0 Å². The lowest BCUT2D eigenvalue weighted by atomic mass is 10.7. The Morgan fingerprint density at radius 2 is 1.09 bits per heavy atom. The quantitative estimate of drug-likeness (QED) is 0.422. The highest BCUT2D eigenvalue weighted by atomic mass is 15.0. The largest absolute Gasteiger partial charge is 0.310 e. The fourth-order valence-corrected chi connectivity index (χ4v) is 0. The zero-order chi connectivity index (χ0) is 9.70. The van der Waals surface area contributed by atoms with Gasteiger partial charge in [0.05, 0.1) is 12.0 Å². The number of nitrogens with zero attached hydrogens (tertiary/aromatic N) is 1. The first-order valence-corrected chi connectivity index (χ1v) is 2.92. The van der Waals surface area contributed by atoms with E-state index in [4.69, 9.17) is 21.6 Å². The third-order valence-corrected chi connectivity index (χ3v) is 0.632. The van der Waals surface area contributed by atoms with Gasteiger partial charge in [-0.25, -0.2) is 21.6 Å². The molecule has 0 rings (SSSR count). The van der Waals surface area contributed by atoms with Crippen molar-refractivity contribution >= 4 is 12.0 Å². The zero-order valence-corrected chi connectivity index (χ0v) is 7.15. The van der Waals surface area contributed by atoms with Gasteiger partial charge in [-0.1, -0.05) is 6.92 Å². The zero-order valence-electron chi connectivity index (χ0n) is 7.15. The van der Waals surface area contributed by atoms with Crippen LogP contribution in [0.3, 0.4) is 0 Å². The van der Waals surface area contributed by atoms with Crippen LogP contribution in [0.4, 0.5) is 0 Å². The molecule has 4 N–H and O–H groups in total. The number of rotatable bonds is 1. The minimum absolute atomic E-state index is 1.14. The molecule has 0 saturated heterocycles. The van der Waals surface area contributed by atoms with E-state index in [0.29, 0.717) is 0 Å². The molecule has 0 bridgehead atoms. The van der Waals surface area contributed by atoms with Gasteiger partial charge in [0.2, 0.25) is 0 Å². The molecule has 0 aromatic heterocycles. The molecule has 0 spiro atoms. The fraction of sp³-hybridized carbons (Fsp3) is 0.667. The van der Waals surface area contributed by atoms with E-state index in [9.17, 15) is 0 Å². The van der Waals surface area contributed by atoms with Crippen LogP contribution in [-0.4, -0.2) is 37.6 Å². The van der Waals surface area contributed by atoms with Gasteiger partial charge in [0.25, 0.3) is 0 Å². The molecule has 0 saturated carbocycles. The summed E-state index contributed by atoms with van der Waals surface area (Å²) in [6.07, 6.45) is 0. The van der Waals surface area contributed by atoms with Gasteiger partial charge in [-0.05, 0) is 20.6 Å². The Hall–Kier alpha value is -1.28. The SMILES string of the molecule is CCN(C)C.N=C=N.N=C=N. The second-order valence-electron chi connectivity index (χ2n) is 1.65. The molecule has 0 radical (unpaired) electrons. The topological polar surface area (TPSA) is 98.6 Å². The molecule has 0 amide bonds. The molecule has 11 heavy (non-hydrogen) atoms. The maximum absolute atomic E-state index is 5.62. The number of hydrogen-bond acceptors (Lipinski definition) is 5. The second kappa shape index (κ2) is 23.3. The maximum atomic E-state index is 5.62. The van der Waals surface area contributed by atoms with Crippen molar-refractivity contribution in [2.75, 3.05) is 20.6 Å². The van der Waals surface area contributed by atoms with Gasteiger partial charge in [0.1, 0.15) is 0 Å². The molecular formula is C6H15N5. The molecule has 0 aliphatic heterocycles. The summed E-state index contributed by atoms with van der Waals surface area (Å²) in [5.74, 6) is 0. The van der Waals surface area contributed by atoms with Gasteiger partial charge in [0, 0.05) is 0 Å². The van der Waals surface area contributed by atoms with E-state index in [1.54, 1.807) is 0 Å². The first kappa shape index (κ1) is 16.4. The van der Waals surface area contributed by atoms with Crippen molar-refractivity contribution in [3.8, 4) is 0 Å². The van der Waals surface area contributed by atoms with Gasteiger partial charge < -0.3 is 4.90 Å². The molecule has 64 valence electrons. The van der Waals surface area contributed by atoms with Crippen molar-refractivity contribution in [3.05, 3.63) is 0 Å². The highest BCUT2D eigenvalue weighted by Gasteiger charge is 1.72. The molecule has 0 aliphatic rings. The monoisotopic (exact) mass is 157 g/mol. The lowest BCUT2D eigenvalue weighted by Crippen LogP contribution is -2.08. The van der Waals surface area contributed by atoms with Gasteiger partial charge in [-0.2, -0.15) is 0 Å². The summed E-state index contributed by atoms with van der Waals surface area (Å²) in [6.45, 7) is 3.26. The fourth-order valence-electron chi connectivity index (χ4n) is 0. The third-order valence-electron chi connectivity index (χ3n) is 0.632. The van der Waals surface area contributed by atoms with Crippen molar-refractivity contribution in [1.82, 2.24) is 4.90 Å². The minimum atomic E-state index is 1.14. The lowest BCUT2D eigenvalue weighted by Gasteiger charge is -2.00. The smallest absolute Gasteiger partial charge is 0.0831 e. The van der Waals surface area contributed by atoms with Crippen LogP contribution >= 0.6 is 0 Å². The second-order valence-corrected chi connectivity index (χ2v) is 1.65. The molecule has 0 aromatic rings. The van der Waals surface area contributed by atoms with Gasteiger partial charge in [-0.15, -0.1) is 0 Å². The molecule has 5 nitrogen and oxygen atoms in total. The molecule has 0 heterocycles. The standard InChI is InChI=1S/C4H11N.2CH2N2/c1-4-5(2)3;2*2-1-3/h4H2,1-3H3;2*2-3H. The van der Waals surface area contributed by atoms with Gasteiger partial charge in [0.15, 0.2) is 0 Å². The van der Waals surface area contributed by atoms with E-state index in [2.05, 4.69) is 25.9 Å². The number of hydrogen-bond donors (Lipinski definition) is 4. The van der Waals surface area contributed by atoms with E-state index >= 15 is 0 Å². The summed E-state index contributed by atoms with van der Waals surface area (Å²) in [7, 11) is 4.11. The van der Waals surface area contributed by atoms with Crippen molar-refractivity contribution in [2.45, 2.75) is 6.92 Å². The predicted octanol–water partition coefficient (Wildman–Crippen LogP) is 1.20. The average Bonchev–Trinajstić information content (AvgIpc) is 1.91. The van der Waals surface area contributed by atoms with Crippen LogP contribution in [-0.2, 0) is 0 Å². The maximum Gasteiger partial charge on any atom is 0.0831 e. The minimum Gasteiger partial charge on any atom is -0.310 e. The first-order chi connectivity index (χ1) is 5.10. The van der Waals surface area contributed by atoms with Crippen molar-refractivity contribution in [3.63, 3.8) is 0 Å². The number of nitrogens with one attached hydrogen (secondary N) is 4. The van der Waals surface area contributed by atoms with Crippen LogP contribution in [0.1, 0.15) is 6.92 Å². The Morgan fingerprint density at radius 1 is 1.00 bits per heavy atom. The van der Waals surface area contributed by atoms with Gasteiger partial charge in [-0.3, -0.25) is 0 Å². The van der Waals surface area contributed by atoms with Crippen molar-refractivity contribution in [1.29, 1.82) is 21.6 Å². The van der Waals surface area contributed by atoms with Crippen LogP contribution in [0.15, 0.2) is 0 Å². The van der Waals surface area contributed by atoms with Crippen LogP contribution < -0.4 is 0 Å². The van der Waals surface area contributed by atoms with E-state index < -0.39 is 0 Å². The van der Waals surface area contributed by atoms with Crippen LogP contribution in [0, 0.1) is 21.6 Å². The summed E-state index contributed by atoms with van der Waals surface area (Å²) in [4.78, 5) is 2.12. The molecule has 0 fully saturated rings. The first-order valence-electron chi connectivity index (χ1n) is 2.92. The highest BCUT2D eigenvalue weighted by molar-refractivity contribution is 5.29. The van der Waals surface area contributed by atoms with Crippen LogP contribution in [0.2, 0.25) is 0 Å². The molecule has 0 aromatic carbocycles. The molecule has 0 unspecified atom stereocenters. The summed E-state index contributed by atoms with van der Waals surface area (Å²) in [5.41, 5.74) is 0. The summed E-state index contributed by atoms with van der Waals surface area (Å²) in [5, 5.41) is 22.5. The van der Waals surface area contributed by atoms with Crippen molar-refractivity contribution in [2.24, 2.45) is 0 Å². The predicted molar refractivity (Wildman–Crippen MR) is 45.1 cm³/mol. The molecule has 5 heteroatoms. The third kappa shape index (κ3) is 760. The average molecular weight is 157 g/mol. The molecular weight excluding hydrogens is 142 g/mol. The Kier molecular flexibility index (Phi) is 34.7. The summed E-state index contributed by atoms with van der Waals surface area (Å²) in [6, 6.07) is 2.50. The van der Waals surface area contributed by atoms with Gasteiger partial charge >= 0.3 is 0 Å². The lowest BCUT2D eigenvalue weighted by molar-refractivity contribution is 0.434. The molecule has 0 atom stereocenters. The Labute approximate surface area is 67.1 Å². The molecule has 0 aliphatic carbocycles. The Morgan fingerprint density at radius 3 is 1.09 bits per heavy atom. The Bertz CT molecular complexity index is 105. The van der Waals surface area contributed by atoms with E-state index in [-0.39, 0.29) is 0 Å².